The maximum atomic E-state index is 12.6. The molecule has 0 unspecified atom stereocenters. The van der Waals surface area contributed by atoms with E-state index < -0.39 is 0 Å². The second-order valence-electron chi connectivity index (χ2n) is 7.02. The fourth-order valence-electron chi connectivity index (χ4n) is 3.32. The molecule has 27 heavy (non-hydrogen) atoms. The normalized spacial score (nSPS) is 13.9. The SMILES string of the molecule is Cc1ccccc1CNC(=O)NCc1cccc(C(=O)N2CCCCC2)c1. The summed E-state index contributed by atoms with van der Waals surface area (Å²) in [5, 5.41) is 5.73. The standard InChI is InChI=1S/C22H27N3O2/c1-17-8-3-4-10-20(17)16-24-22(27)23-15-18-9-7-11-19(14-18)21(26)25-12-5-2-6-13-25/h3-4,7-11,14H,2,5-6,12-13,15-16H2,1H3,(H2,23,24,27). The Labute approximate surface area is 160 Å². The number of carbonyl (C=O) groups excluding carboxylic acids is 2. The summed E-state index contributed by atoms with van der Waals surface area (Å²) in [6.45, 7) is 4.58. The average Bonchev–Trinajstić information content (AvgIpc) is 2.72. The number of nitrogens with zero attached hydrogens (tertiary/aromatic N) is 1. The van der Waals surface area contributed by atoms with Gasteiger partial charge in [-0.15, -0.1) is 0 Å². The zero-order valence-electron chi connectivity index (χ0n) is 15.8. The number of hydrogen-bond donors (Lipinski definition) is 2. The Balaban J connectivity index is 1.51. The molecule has 1 fully saturated rings. The number of likely N-dealkylation sites (tertiary alicyclic amines) is 1. The van der Waals surface area contributed by atoms with Crippen LogP contribution in [-0.4, -0.2) is 29.9 Å². The van der Waals surface area contributed by atoms with E-state index in [9.17, 15) is 9.59 Å². The summed E-state index contributed by atoms with van der Waals surface area (Å²) in [5.74, 6) is 0.0838. The number of aryl methyl sites for hydroxylation is 1. The number of benzene rings is 2. The van der Waals surface area contributed by atoms with Gasteiger partial charge in [0.15, 0.2) is 0 Å². The summed E-state index contributed by atoms with van der Waals surface area (Å²) in [4.78, 5) is 26.6. The Morgan fingerprint density at radius 3 is 2.44 bits per heavy atom. The van der Waals surface area contributed by atoms with Gasteiger partial charge in [0.2, 0.25) is 0 Å². The predicted molar refractivity (Wildman–Crippen MR) is 106 cm³/mol. The van der Waals surface area contributed by atoms with Crippen molar-refractivity contribution in [2.45, 2.75) is 39.3 Å². The van der Waals surface area contributed by atoms with Gasteiger partial charge in [-0.25, -0.2) is 4.79 Å². The first-order chi connectivity index (χ1) is 13.1. The number of nitrogens with one attached hydrogen (secondary N) is 2. The van der Waals surface area contributed by atoms with Crippen LogP contribution in [0.4, 0.5) is 4.79 Å². The molecule has 0 radical (unpaired) electrons. The Kier molecular flexibility index (Phi) is 6.47. The fraction of sp³-hybridized carbons (Fsp3) is 0.364. The smallest absolute Gasteiger partial charge is 0.315 e. The second kappa shape index (κ2) is 9.21. The minimum Gasteiger partial charge on any atom is -0.339 e. The van der Waals surface area contributed by atoms with Crippen LogP contribution < -0.4 is 10.6 Å². The topological polar surface area (TPSA) is 61.4 Å². The highest BCUT2D eigenvalue weighted by Crippen LogP contribution is 2.14. The molecule has 5 heteroatoms. The molecule has 2 N–H and O–H groups in total. The predicted octanol–water partition coefficient (Wildman–Crippen LogP) is 3.62. The molecule has 2 aromatic carbocycles. The van der Waals surface area contributed by atoms with Gasteiger partial charge in [-0.3, -0.25) is 4.79 Å². The third-order valence-electron chi connectivity index (χ3n) is 4.97. The number of hydrogen-bond acceptors (Lipinski definition) is 2. The van der Waals surface area contributed by atoms with Crippen molar-refractivity contribution in [3.8, 4) is 0 Å². The molecule has 0 bridgehead atoms. The molecule has 142 valence electrons. The average molecular weight is 365 g/mol. The van der Waals surface area contributed by atoms with E-state index >= 15 is 0 Å². The lowest BCUT2D eigenvalue weighted by molar-refractivity contribution is 0.0724. The molecule has 3 rings (SSSR count). The summed E-state index contributed by atoms with van der Waals surface area (Å²) in [5.41, 5.74) is 3.86. The van der Waals surface area contributed by atoms with Crippen LogP contribution in [0.2, 0.25) is 0 Å². The van der Waals surface area contributed by atoms with Gasteiger partial charge < -0.3 is 15.5 Å². The molecular formula is C22H27N3O2. The zero-order valence-corrected chi connectivity index (χ0v) is 15.8. The molecule has 1 saturated heterocycles. The third kappa shape index (κ3) is 5.33. The van der Waals surface area contributed by atoms with Crippen molar-refractivity contribution >= 4 is 11.9 Å². The summed E-state index contributed by atoms with van der Waals surface area (Å²) in [7, 11) is 0. The number of amides is 3. The molecule has 5 nitrogen and oxygen atoms in total. The molecule has 0 saturated carbocycles. The maximum Gasteiger partial charge on any atom is 0.315 e. The van der Waals surface area contributed by atoms with Crippen molar-refractivity contribution in [2.75, 3.05) is 13.1 Å². The molecule has 1 aliphatic heterocycles. The molecule has 0 spiro atoms. The van der Waals surface area contributed by atoms with E-state index in [1.54, 1.807) is 0 Å². The van der Waals surface area contributed by atoms with Gasteiger partial charge in [-0.05, 0) is 55.0 Å². The molecule has 3 amide bonds. The number of urea groups is 1. The fourth-order valence-corrected chi connectivity index (χ4v) is 3.32. The van der Waals surface area contributed by atoms with Gasteiger partial charge in [0.1, 0.15) is 0 Å². The minimum atomic E-state index is -0.217. The lowest BCUT2D eigenvalue weighted by Crippen LogP contribution is -2.36. The van der Waals surface area contributed by atoms with Crippen LogP contribution in [0, 0.1) is 6.92 Å². The van der Waals surface area contributed by atoms with Crippen molar-refractivity contribution in [1.82, 2.24) is 15.5 Å². The van der Waals surface area contributed by atoms with Crippen LogP contribution >= 0.6 is 0 Å². The van der Waals surface area contributed by atoms with Crippen LogP contribution in [0.15, 0.2) is 48.5 Å². The molecule has 1 aliphatic rings. The molecule has 0 atom stereocenters. The molecule has 0 aliphatic carbocycles. The second-order valence-corrected chi connectivity index (χ2v) is 7.02. The summed E-state index contributed by atoms with van der Waals surface area (Å²) < 4.78 is 0. The van der Waals surface area contributed by atoms with Crippen LogP contribution in [0.25, 0.3) is 0 Å². The molecule has 0 aromatic heterocycles. The monoisotopic (exact) mass is 365 g/mol. The third-order valence-corrected chi connectivity index (χ3v) is 4.97. The van der Waals surface area contributed by atoms with E-state index in [4.69, 9.17) is 0 Å². The molecule has 1 heterocycles. The summed E-state index contributed by atoms with van der Waals surface area (Å²) in [6.07, 6.45) is 3.35. The van der Waals surface area contributed by atoms with Gasteiger partial charge in [0.25, 0.3) is 5.91 Å². The number of piperidine rings is 1. The van der Waals surface area contributed by atoms with Gasteiger partial charge in [0, 0.05) is 31.7 Å². The van der Waals surface area contributed by atoms with Crippen LogP contribution in [0.1, 0.15) is 46.3 Å². The van der Waals surface area contributed by atoms with E-state index in [1.165, 1.54) is 6.42 Å². The zero-order chi connectivity index (χ0) is 19.1. The van der Waals surface area contributed by atoms with Crippen molar-refractivity contribution in [3.05, 3.63) is 70.8 Å². The van der Waals surface area contributed by atoms with Crippen molar-refractivity contribution in [3.63, 3.8) is 0 Å². The highest BCUT2D eigenvalue weighted by atomic mass is 16.2. The molecular weight excluding hydrogens is 338 g/mol. The first-order valence-corrected chi connectivity index (χ1v) is 9.58. The maximum absolute atomic E-state index is 12.6. The van der Waals surface area contributed by atoms with Gasteiger partial charge >= 0.3 is 6.03 Å². The van der Waals surface area contributed by atoms with Crippen molar-refractivity contribution in [2.24, 2.45) is 0 Å². The first-order valence-electron chi connectivity index (χ1n) is 9.58. The van der Waals surface area contributed by atoms with E-state index in [2.05, 4.69) is 10.6 Å². The van der Waals surface area contributed by atoms with Crippen LogP contribution in [0.3, 0.4) is 0 Å². The number of carbonyl (C=O) groups is 2. The quantitative estimate of drug-likeness (QED) is 0.850. The Hall–Kier alpha value is -2.82. The summed E-state index contributed by atoms with van der Waals surface area (Å²) >= 11 is 0. The van der Waals surface area contributed by atoms with E-state index in [0.29, 0.717) is 18.7 Å². The van der Waals surface area contributed by atoms with Crippen molar-refractivity contribution in [1.29, 1.82) is 0 Å². The Morgan fingerprint density at radius 1 is 0.926 bits per heavy atom. The minimum absolute atomic E-state index is 0.0838. The van der Waals surface area contributed by atoms with Gasteiger partial charge in [-0.1, -0.05) is 36.4 Å². The van der Waals surface area contributed by atoms with Gasteiger partial charge in [0.05, 0.1) is 0 Å². The van der Waals surface area contributed by atoms with Crippen molar-refractivity contribution < 1.29 is 9.59 Å². The summed E-state index contributed by atoms with van der Waals surface area (Å²) in [6, 6.07) is 15.3. The highest BCUT2D eigenvalue weighted by Gasteiger charge is 2.18. The lowest BCUT2D eigenvalue weighted by Gasteiger charge is -2.26. The first kappa shape index (κ1) is 19.0. The van der Waals surface area contributed by atoms with Gasteiger partial charge in [-0.2, -0.15) is 0 Å². The highest BCUT2D eigenvalue weighted by molar-refractivity contribution is 5.94. The van der Waals surface area contributed by atoms with Crippen LogP contribution in [0.5, 0.6) is 0 Å². The largest absolute Gasteiger partial charge is 0.339 e. The van der Waals surface area contributed by atoms with Crippen LogP contribution in [-0.2, 0) is 13.1 Å². The van der Waals surface area contributed by atoms with E-state index in [1.807, 2.05) is 60.4 Å². The number of rotatable bonds is 5. The lowest BCUT2D eigenvalue weighted by atomic mass is 10.1. The molecule has 2 aromatic rings. The van der Waals surface area contributed by atoms with E-state index in [-0.39, 0.29) is 11.9 Å². The van der Waals surface area contributed by atoms with E-state index in [0.717, 1.165) is 42.6 Å². The Morgan fingerprint density at radius 2 is 1.67 bits per heavy atom. The Bertz CT molecular complexity index is 798.